The molecule has 0 spiro atoms. The molecule has 1 aromatic heterocycles. The molecule has 4 rings (SSSR count). The monoisotopic (exact) mass is 600 g/mol. The van der Waals surface area contributed by atoms with Crippen LogP contribution in [0.15, 0.2) is 66.9 Å². The van der Waals surface area contributed by atoms with Crippen molar-refractivity contribution in [2.75, 3.05) is 10.2 Å². The summed E-state index contributed by atoms with van der Waals surface area (Å²) in [5.74, 6) is -0.160. The number of anilines is 2. The summed E-state index contributed by atoms with van der Waals surface area (Å²) in [6.07, 6.45) is 6.69. The fourth-order valence-corrected chi connectivity index (χ4v) is 5.24. The largest absolute Gasteiger partial charge is 0.442 e. The van der Waals surface area contributed by atoms with Crippen molar-refractivity contribution in [2.45, 2.75) is 83.8 Å². The summed E-state index contributed by atoms with van der Waals surface area (Å²) in [6.45, 7) is 5.19. The quantitative estimate of drug-likeness (QED) is 0.196. The van der Waals surface area contributed by atoms with E-state index in [9.17, 15) is 19.2 Å². The normalized spacial score (nSPS) is 13.4. The number of aldehydes is 1. The average Bonchev–Trinajstić information content (AvgIpc) is 3.01. The first-order chi connectivity index (χ1) is 21.1. The lowest BCUT2D eigenvalue weighted by atomic mass is 9.92. The van der Waals surface area contributed by atoms with Crippen LogP contribution in [0.1, 0.15) is 81.8 Å². The molecule has 0 aliphatic heterocycles. The predicted molar refractivity (Wildman–Crippen MR) is 168 cm³/mol. The Morgan fingerprint density at radius 1 is 1.00 bits per heavy atom. The maximum atomic E-state index is 13.7. The molecule has 1 aliphatic rings. The van der Waals surface area contributed by atoms with Gasteiger partial charge in [0.15, 0.2) is 6.29 Å². The van der Waals surface area contributed by atoms with Gasteiger partial charge in [-0.2, -0.15) is 0 Å². The third kappa shape index (κ3) is 9.39. The van der Waals surface area contributed by atoms with Crippen molar-refractivity contribution in [3.8, 4) is 11.1 Å². The van der Waals surface area contributed by atoms with Crippen molar-refractivity contribution in [1.29, 1.82) is 0 Å². The van der Waals surface area contributed by atoms with Crippen LogP contribution in [0.4, 0.5) is 21.0 Å². The molecule has 44 heavy (non-hydrogen) atoms. The molecule has 0 radical (unpaired) electrons. The van der Waals surface area contributed by atoms with E-state index in [0.29, 0.717) is 36.2 Å². The Morgan fingerprint density at radius 2 is 1.75 bits per heavy atom. The molecule has 232 valence electrons. The van der Waals surface area contributed by atoms with Crippen molar-refractivity contribution in [2.24, 2.45) is 0 Å². The molecule has 0 unspecified atom stereocenters. The number of hydrogen-bond acceptors (Lipinski definition) is 7. The van der Waals surface area contributed by atoms with E-state index in [-0.39, 0.29) is 18.4 Å². The van der Waals surface area contributed by atoms with Crippen LogP contribution < -0.4 is 15.7 Å². The van der Waals surface area contributed by atoms with Gasteiger partial charge in [-0.3, -0.25) is 19.5 Å². The molecule has 1 heterocycles. The minimum absolute atomic E-state index is 0.112. The van der Waals surface area contributed by atoms with E-state index in [1.807, 2.05) is 48.5 Å². The summed E-state index contributed by atoms with van der Waals surface area (Å²) >= 11 is 0. The molecule has 3 aromatic rings. The summed E-state index contributed by atoms with van der Waals surface area (Å²) in [6, 6.07) is 18.9. The van der Waals surface area contributed by atoms with Gasteiger partial charge in [0.2, 0.25) is 5.91 Å². The Balaban J connectivity index is 1.55. The second kappa shape index (κ2) is 15.1. The third-order valence-electron chi connectivity index (χ3n) is 7.22. The van der Waals surface area contributed by atoms with Crippen LogP contribution in [-0.4, -0.2) is 41.0 Å². The van der Waals surface area contributed by atoms with Crippen molar-refractivity contribution >= 4 is 35.8 Å². The van der Waals surface area contributed by atoms with E-state index in [4.69, 9.17) is 9.57 Å². The number of carbonyl (C=O) groups is 4. The highest BCUT2D eigenvalue weighted by Gasteiger charge is 2.31. The maximum absolute atomic E-state index is 13.7. The van der Waals surface area contributed by atoms with Gasteiger partial charge in [-0.15, -0.1) is 5.48 Å². The summed E-state index contributed by atoms with van der Waals surface area (Å²) in [5, 5.41) is 2.80. The van der Waals surface area contributed by atoms with E-state index in [1.54, 1.807) is 37.8 Å². The summed E-state index contributed by atoms with van der Waals surface area (Å²) in [5.41, 5.74) is 5.67. The van der Waals surface area contributed by atoms with Gasteiger partial charge in [0.1, 0.15) is 11.3 Å². The second-order valence-electron chi connectivity index (χ2n) is 11.8. The number of nitrogens with zero attached hydrogens (tertiary/aromatic N) is 2. The molecule has 2 N–H and O–H groups in total. The highest BCUT2D eigenvalue weighted by molar-refractivity contribution is 5.95. The number of carbonyl (C=O) groups excluding carboxylic acids is 4. The minimum atomic E-state index is -0.847. The lowest BCUT2D eigenvalue weighted by Gasteiger charge is -2.35. The first kappa shape index (κ1) is 32.2. The lowest BCUT2D eigenvalue weighted by Crippen LogP contribution is -2.45. The van der Waals surface area contributed by atoms with E-state index < -0.39 is 17.8 Å². The van der Waals surface area contributed by atoms with Gasteiger partial charge >= 0.3 is 12.2 Å². The lowest BCUT2D eigenvalue weighted by molar-refractivity contribution is -0.116. The van der Waals surface area contributed by atoms with Crippen LogP contribution >= 0.6 is 0 Å². The number of aromatic nitrogens is 1. The van der Waals surface area contributed by atoms with Crippen LogP contribution in [0.3, 0.4) is 0 Å². The zero-order chi connectivity index (χ0) is 31.5. The Bertz CT molecular complexity index is 1430. The van der Waals surface area contributed by atoms with Gasteiger partial charge in [0.25, 0.3) is 0 Å². The Hall–Kier alpha value is -4.73. The Morgan fingerprint density at radius 3 is 2.41 bits per heavy atom. The standard InChI is InChI=1S/C34H40N4O6/c1-34(2,3)43-32(41)37-44-33(42)38(28-14-8-5-9-15-28)30-21-24(17-20-29(30)25-12-6-4-7-13-25)11-10-16-31(40)36-26-18-19-27(23-39)35-22-26/h4,6-7,12-13,17-23,28H,5,8-11,14-16H2,1-3H3,(H,36,40)(H,37,41). The molecule has 0 bridgehead atoms. The van der Waals surface area contributed by atoms with Crippen molar-refractivity contribution in [3.63, 3.8) is 0 Å². The molecule has 10 nitrogen and oxygen atoms in total. The van der Waals surface area contributed by atoms with E-state index in [0.717, 1.165) is 48.8 Å². The number of aryl methyl sites for hydroxylation is 1. The molecule has 0 atom stereocenters. The highest BCUT2D eigenvalue weighted by Crippen LogP contribution is 2.37. The zero-order valence-electron chi connectivity index (χ0n) is 25.5. The fourth-order valence-electron chi connectivity index (χ4n) is 5.24. The molecule has 10 heteroatoms. The highest BCUT2D eigenvalue weighted by atomic mass is 16.7. The maximum Gasteiger partial charge on any atom is 0.441 e. The SMILES string of the molecule is CC(C)(C)OC(=O)NOC(=O)N(c1cc(CCCC(=O)Nc2ccc(C=O)nc2)ccc1-c1ccccc1)C1CCCCC1. The van der Waals surface area contributed by atoms with Gasteiger partial charge < -0.3 is 14.9 Å². The number of hydroxylamine groups is 1. The molecule has 1 aliphatic carbocycles. The number of pyridine rings is 1. The van der Waals surface area contributed by atoms with E-state index >= 15 is 0 Å². The molecule has 1 saturated carbocycles. The molecule has 2 aromatic carbocycles. The second-order valence-corrected chi connectivity index (χ2v) is 11.8. The number of hydrogen-bond donors (Lipinski definition) is 2. The Labute approximate surface area is 258 Å². The smallest absolute Gasteiger partial charge is 0.441 e. The predicted octanol–water partition coefficient (Wildman–Crippen LogP) is 7.24. The van der Waals surface area contributed by atoms with Crippen molar-refractivity contribution in [1.82, 2.24) is 10.5 Å². The minimum Gasteiger partial charge on any atom is -0.442 e. The van der Waals surface area contributed by atoms with Gasteiger partial charge in [-0.25, -0.2) is 9.59 Å². The Kier molecular flexibility index (Phi) is 11.1. The van der Waals surface area contributed by atoms with Gasteiger partial charge in [0, 0.05) is 18.0 Å². The van der Waals surface area contributed by atoms with Crippen LogP contribution in [0.5, 0.6) is 0 Å². The van der Waals surface area contributed by atoms with Gasteiger partial charge in [0.05, 0.1) is 17.6 Å². The number of ether oxygens (including phenoxy) is 1. The van der Waals surface area contributed by atoms with Crippen molar-refractivity contribution < 1.29 is 28.8 Å². The average molecular weight is 601 g/mol. The van der Waals surface area contributed by atoms with Crippen LogP contribution in [0.2, 0.25) is 0 Å². The molecule has 1 fully saturated rings. The van der Waals surface area contributed by atoms with Crippen molar-refractivity contribution in [3.05, 3.63) is 78.1 Å². The van der Waals surface area contributed by atoms with Gasteiger partial charge in [-0.05, 0) is 75.8 Å². The third-order valence-corrected chi connectivity index (χ3v) is 7.22. The molecular weight excluding hydrogens is 560 g/mol. The fraction of sp³-hybridized carbons (Fsp3) is 0.382. The summed E-state index contributed by atoms with van der Waals surface area (Å²) in [4.78, 5) is 60.3. The number of benzene rings is 2. The van der Waals surface area contributed by atoms with Crippen LogP contribution in [-0.2, 0) is 20.8 Å². The van der Waals surface area contributed by atoms with E-state index in [1.165, 1.54) is 6.20 Å². The van der Waals surface area contributed by atoms with Crippen LogP contribution in [0, 0.1) is 0 Å². The van der Waals surface area contributed by atoms with Gasteiger partial charge in [-0.1, -0.05) is 61.7 Å². The first-order valence-corrected chi connectivity index (χ1v) is 15.0. The number of nitrogens with one attached hydrogen (secondary N) is 2. The molecule has 0 saturated heterocycles. The van der Waals surface area contributed by atoms with E-state index in [2.05, 4.69) is 15.8 Å². The topological polar surface area (TPSA) is 127 Å². The first-order valence-electron chi connectivity index (χ1n) is 15.0. The zero-order valence-corrected chi connectivity index (χ0v) is 25.5. The summed E-state index contributed by atoms with van der Waals surface area (Å²) in [7, 11) is 0. The summed E-state index contributed by atoms with van der Waals surface area (Å²) < 4.78 is 5.25. The molecule has 3 amide bonds. The number of amides is 3. The molecular formula is C34H40N4O6. The van der Waals surface area contributed by atoms with Crippen LogP contribution in [0.25, 0.3) is 11.1 Å². The number of rotatable bonds is 9.